The molecule has 1 aromatic carbocycles. The maximum atomic E-state index is 13.0. The summed E-state index contributed by atoms with van der Waals surface area (Å²) >= 11 is 1.42. The summed E-state index contributed by atoms with van der Waals surface area (Å²) in [5, 5.41) is 14.3. The highest BCUT2D eigenvalue weighted by atomic mass is 32.1. The molecule has 27 heavy (non-hydrogen) atoms. The van der Waals surface area contributed by atoms with Crippen LogP contribution in [0.25, 0.3) is 10.6 Å². The molecule has 4 rings (SSSR count). The molecule has 1 fully saturated rings. The summed E-state index contributed by atoms with van der Waals surface area (Å²) in [5.74, 6) is -0.352. The Morgan fingerprint density at radius 3 is 2.74 bits per heavy atom. The van der Waals surface area contributed by atoms with E-state index in [0.717, 1.165) is 15.5 Å². The van der Waals surface area contributed by atoms with Crippen LogP contribution in [0.5, 0.6) is 0 Å². The lowest BCUT2D eigenvalue weighted by Crippen LogP contribution is -2.40. The zero-order valence-electron chi connectivity index (χ0n) is 14.3. The van der Waals surface area contributed by atoms with Crippen LogP contribution in [-0.4, -0.2) is 21.8 Å². The predicted molar refractivity (Wildman–Crippen MR) is 97.4 cm³/mol. The van der Waals surface area contributed by atoms with Gasteiger partial charge in [-0.2, -0.15) is 5.26 Å². The number of furan rings is 1. The van der Waals surface area contributed by atoms with Crippen LogP contribution < -0.4 is 5.32 Å². The average Bonchev–Trinajstić information content (AvgIpc) is 3.40. The van der Waals surface area contributed by atoms with Crippen molar-refractivity contribution >= 4 is 23.3 Å². The Labute approximate surface area is 158 Å². The molecule has 3 heterocycles. The molecule has 1 unspecified atom stereocenters. The quantitative estimate of drug-likeness (QED) is 0.703. The maximum absolute atomic E-state index is 13.0. The molecular weight excluding hydrogens is 364 g/mol. The number of nitriles is 1. The van der Waals surface area contributed by atoms with Crippen molar-refractivity contribution in [3.05, 3.63) is 65.1 Å². The molecule has 0 bridgehead atoms. The van der Waals surface area contributed by atoms with Crippen LogP contribution in [0.2, 0.25) is 0 Å². The molecule has 8 heteroatoms. The van der Waals surface area contributed by atoms with Crippen LogP contribution in [0.3, 0.4) is 0 Å². The summed E-state index contributed by atoms with van der Waals surface area (Å²) in [6, 6.07) is 9.98. The fraction of sp³-hybridized carbons (Fsp3) is 0.158. The van der Waals surface area contributed by atoms with Crippen molar-refractivity contribution in [1.82, 2.24) is 15.2 Å². The molecule has 1 saturated heterocycles. The molecule has 0 saturated carbocycles. The minimum absolute atomic E-state index is 0.0882. The Kier molecular flexibility index (Phi) is 4.01. The number of thiazole rings is 1. The summed E-state index contributed by atoms with van der Waals surface area (Å²) in [6.45, 7) is 1.75. The van der Waals surface area contributed by atoms with Gasteiger partial charge in [0.1, 0.15) is 16.8 Å². The topological polar surface area (TPSA) is 99.2 Å². The molecule has 1 atom stereocenters. The number of rotatable bonds is 4. The Balaban J connectivity index is 1.57. The van der Waals surface area contributed by atoms with Gasteiger partial charge < -0.3 is 9.73 Å². The number of benzene rings is 1. The van der Waals surface area contributed by atoms with Crippen molar-refractivity contribution in [2.75, 3.05) is 0 Å². The monoisotopic (exact) mass is 378 g/mol. The summed E-state index contributed by atoms with van der Waals surface area (Å²) < 4.78 is 5.06. The SMILES string of the molecule is CC1(c2ccc(C#N)cc2)NC(=O)N(Cc2csc(-c3ccoc3)n2)C1=O. The van der Waals surface area contributed by atoms with Crippen LogP contribution in [0.1, 0.15) is 23.7 Å². The molecule has 1 N–H and O–H groups in total. The third-order valence-corrected chi connectivity index (χ3v) is 5.45. The summed E-state index contributed by atoms with van der Waals surface area (Å²) in [7, 11) is 0. The minimum Gasteiger partial charge on any atom is -0.472 e. The zero-order valence-corrected chi connectivity index (χ0v) is 15.1. The van der Waals surface area contributed by atoms with Crippen molar-refractivity contribution < 1.29 is 14.0 Å². The molecule has 7 nitrogen and oxygen atoms in total. The Morgan fingerprint density at radius 1 is 1.30 bits per heavy atom. The normalized spacial score (nSPS) is 19.2. The fourth-order valence-electron chi connectivity index (χ4n) is 2.97. The van der Waals surface area contributed by atoms with E-state index >= 15 is 0 Å². The highest BCUT2D eigenvalue weighted by Crippen LogP contribution is 2.31. The van der Waals surface area contributed by atoms with Crippen LogP contribution in [0.4, 0.5) is 4.79 Å². The first-order chi connectivity index (χ1) is 13.0. The summed E-state index contributed by atoms with van der Waals surface area (Å²) in [4.78, 5) is 31.0. The summed E-state index contributed by atoms with van der Waals surface area (Å²) in [6.07, 6.45) is 3.16. The lowest BCUT2D eigenvalue weighted by molar-refractivity contribution is -0.131. The molecule has 0 radical (unpaired) electrons. The van der Waals surface area contributed by atoms with Crippen molar-refractivity contribution in [2.24, 2.45) is 0 Å². The van der Waals surface area contributed by atoms with Crippen LogP contribution in [0, 0.1) is 11.3 Å². The number of carbonyl (C=O) groups is 2. The van der Waals surface area contributed by atoms with Crippen LogP contribution >= 0.6 is 11.3 Å². The second kappa shape index (κ2) is 6.37. The van der Waals surface area contributed by atoms with E-state index in [1.54, 1.807) is 49.8 Å². The van der Waals surface area contributed by atoms with Gasteiger partial charge in [0.25, 0.3) is 5.91 Å². The molecule has 3 amide bonds. The number of urea groups is 1. The Morgan fingerprint density at radius 2 is 2.07 bits per heavy atom. The van der Waals surface area contributed by atoms with E-state index < -0.39 is 11.6 Å². The third-order valence-electron chi connectivity index (χ3n) is 4.51. The van der Waals surface area contributed by atoms with E-state index in [2.05, 4.69) is 10.3 Å². The van der Waals surface area contributed by atoms with Gasteiger partial charge in [-0.3, -0.25) is 9.69 Å². The van der Waals surface area contributed by atoms with E-state index in [1.165, 1.54) is 11.3 Å². The zero-order chi connectivity index (χ0) is 19.0. The van der Waals surface area contributed by atoms with Gasteiger partial charge in [0.15, 0.2) is 0 Å². The van der Waals surface area contributed by atoms with E-state index in [0.29, 0.717) is 16.8 Å². The molecule has 1 aliphatic heterocycles. The van der Waals surface area contributed by atoms with Crippen molar-refractivity contribution in [1.29, 1.82) is 5.26 Å². The van der Waals surface area contributed by atoms with Gasteiger partial charge in [0, 0.05) is 10.9 Å². The first-order valence-electron chi connectivity index (χ1n) is 8.13. The molecule has 134 valence electrons. The fourth-order valence-corrected chi connectivity index (χ4v) is 3.77. The van der Waals surface area contributed by atoms with Crippen molar-refractivity contribution in [3.8, 4) is 16.6 Å². The number of imide groups is 1. The number of hydrogen-bond acceptors (Lipinski definition) is 6. The molecular formula is C19H14N4O3S. The lowest BCUT2D eigenvalue weighted by Gasteiger charge is -2.22. The van der Waals surface area contributed by atoms with Gasteiger partial charge in [0.05, 0.1) is 30.1 Å². The van der Waals surface area contributed by atoms with Gasteiger partial charge >= 0.3 is 6.03 Å². The van der Waals surface area contributed by atoms with Gasteiger partial charge in [-0.25, -0.2) is 9.78 Å². The molecule has 0 aliphatic carbocycles. The highest BCUT2D eigenvalue weighted by Gasteiger charge is 2.49. The standard InChI is InChI=1S/C19H14N4O3S/c1-19(14-4-2-12(8-20)3-5-14)17(24)23(18(25)22-19)9-15-11-27-16(21-15)13-6-7-26-10-13/h2-7,10-11H,9H2,1H3,(H,22,25). The van der Waals surface area contributed by atoms with E-state index in [-0.39, 0.29) is 12.5 Å². The third kappa shape index (κ3) is 2.88. The van der Waals surface area contributed by atoms with E-state index in [1.807, 2.05) is 11.4 Å². The number of nitrogens with zero attached hydrogens (tertiary/aromatic N) is 3. The molecule has 1 aliphatic rings. The van der Waals surface area contributed by atoms with Gasteiger partial charge in [-0.15, -0.1) is 11.3 Å². The second-order valence-electron chi connectivity index (χ2n) is 6.29. The van der Waals surface area contributed by atoms with E-state index in [9.17, 15) is 9.59 Å². The number of amides is 3. The first-order valence-corrected chi connectivity index (χ1v) is 9.01. The minimum atomic E-state index is -1.17. The predicted octanol–water partition coefficient (Wildman–Crippen LogP) is 3.24. The Bertz CT molecular complexity index is 1050. The highest BCUT2D eigenvalue weighted by molar-refractivity contribution is 7.13. The summed E-state index contributed by atoms with van der Waals surface area (Å²) in [5.41, 5.74) is 1.42. The molecule has 2 aromatic heterocycles. The van der Waals surface area contributed by atoms with Crippen LogP contribution in [-0.2, 0) is 16.9 Å². The van der Waals surface area contributed by atoms with Crippen molar-refractivity contribution in [2.45, 2.75) is 19.0 Å². The lowest BCUT2D eigenvalue weighted by atomic mass is 9.91. The van der Waals surface area contributed by atoms with E-state index in [4.69, 9.17) is 9.68 Å². The van der Waals surface area contributed by atoms with Gasteiger partial charge in [-0.1, -0.05) is 12.1 Å². The number of carbonyl (C=O) groups excluding carboxylic acids is 2. The number of hydrogen-bond donors (Lipinski definition) is 1. The smallest absolute Gasteiger partial charge is 0.325 e. The second-order valence-corrected chi connectivity index (χ2v) is 7.15. The van der Waals surface area contributed by atoms with Crippen LogP contribution in [0.15, 0.2) is 52.7 Å². The molecule has 3 aromatic rings. The van der Waals surface area contributed by atoms with Gasteiger partial charge in [-0.05, 0) is 30.7 Å². The largest absolute Gasteiger partial charge is 0.472 e. The Hall–Kier alpha value is -3.44. The number of nitrogens with one attached hydrogen (secondary N) is 1. The maximum Gasteiger partial charge on any atom is 0.325 e. The molecule has 0 spiro atoms. The number of aromatic nitrogens is 1. The average molecular weight is 378 g/mol. The van der Waals surface area contributed by atoms with Crippen molar-refractivity contribution in [3.63, 3.8) is 0 Å². The first kappa shape index (κ1) is 17.0. The van der Waals surface area contributed by atoms with Gasteiger partial charge in [0.2, 0.25) is 0 Å².